The van der Waals surface area contributed by atoms with Gasteiger partial charge in [0.05, 0.1) is 6.54 Å². The lowest BCUT2D eigenvalue weighted by Gasteiger charge is -2.01. The predicted molar refractivity (Wildman–Crippen MR) is 65.9 cm³/mol. The highest BCUT2D eigenvalue weighted by Gasteiger charge is 2.12. The fourth-order valence-corrected chi connectivity index (χ4v) is 1.98. The van der Waals surface area contributed by atoms with Crippen LogP contribution in [0.2, 0.25) is 0 Å². The van der Waals surface area contributed by atoms with E-state index in [2.05, 4.69) is 12.2 Å². The summed E-state index contributed by atoms with van der Waals surface area (Å²) in [5.74, 6) is 0.588. The lowest BCUT2D eigenvalue weighted by atomic mass is 10.2. The molecule has 0 saturated carbocycles. The standard InChI is InChI=1S/C11H20N2O3S/c1-2-3-4-5-8-13-9-10-6-7-11(16-10)17(12,14)15/h6-7,13H,2-5,8-9H2,1H3,(H2,12,14,15). The summed E-state index contributed by atoms with van der Waals surface area (Å²) in [5, 5.41) is 7.95. The van der Waals surface area contributed by atoms with Crippen LogP contribution in [0.1, 0.15) is 38.4 Å². The van der Waals surface area contributed by atoms with E-state index in [1.54, 1.807) is 6.07 Å². The fourth-order valence-electron chi connectivity index (χ4n) is 1.49. The van der Waals surface area contributed by atoms with Crippen LogP contribution in [-0.2, 0) is 16.6 Å². The molecule has 0 aliphatic carbocycles. The molecule has 0 aliphatic heterocycles. The van der Waals surface area contributed by atoms with Gasteiger partial charge in [-0.15, -0.1) is 0 Å². The van der Waals surface area contributed by atoms with E-state index in [0.717, 1.165) is 13.0 Å². The molecular formula is C11H20N2O3S. The lowest BCUT2D eigenvalue weighted by Crippen LogP contribution is -2.14. The van der Waals surface area contributed by atoms with Gasteiger partial charge in [0.15, 0.2) is 0 Å². The maximum absolute atomic E-state index is 11.0. The Bertz CT molecular complexity index is 426. The van der Waals surface area contributed by atoms with E-state index < -0.39 is 10.0 Å². The molecule has 0 amide bonds. The number of hydrogen-bond acceptors (Lipinski definition) is 4. The zero-order chi connectivity index (χ0) is 12.7. The van der Waals surface area contributed by atoms with Crippen LogP contribution in [0.5, 0.6) is 0 Å². The first-order valence-electron chi connectivity index (χ1n) is 5.86. The Morgan fingerprint density at radius 3 is 2.65 bits per heavy atom. The zero-order valence-electron chi connectivity index (χ0n) is 10.1. The highest BCUT2D eigenvalue weighted by molar-refractivity contribution is 7.89. The summed E-state index contributed by atoms with van der Waals surface area (Å²) in [4.78, 5) is 0. The SMILES string of the molecule is CCCCCCNCc1ccc(S(N)(=O)=O)o1. The number of unbranched alkanes of at least 4 members (excludes halogenated alkanes) is 3. The molecule has 3 N–H and O–H groups in total. The Morgan fingerprint density at radius 1 is 1.29 bits per heavy atom. The molecule has 0 aromatic carbocycles. The van der Waals surface area contributed by atoms with Gasteiger partial charge in [-0.1, -0.05) is 26.2 Å². The van der Waals surface area contributed by atoms with Crippen molar-refractivity contribution in [1.82, 2.24) is 5.32 Å². The van der Waals surface area contributed by atoms with Gasteiger partial charge in [0.2, 0.25) is 5.09 Å². The van der Waals surface area contributed by atoms with Gasteiger partial charge in [-0.2, -0.15) is 0 Å². The van der Waals surface area contributed by atoms with Crippen molar-refractivity contribution >= 4 is 10.0 Å². The Morgan fingerprint density at radius 2 is 2.06 bits per heavy atom. The molecule has 0 fully saturated rings. The Kier molecular flexibility index (Phi) is 5.67. The molecule has 0 unspecified atom stereocenters. The van der Waals surface area contributed by atoms with Gasteiger partial charge in [-0.3, -0.25) is 0 Å². The molecule has 6 heteroatoms. The van der Waals surface area contributed by atoms with E-state index in [0.29, 0.717) is 12.3 Å². The monoisotopic (exact) mass is 260 g/mol. The van der Waals surface area contributed by atoms with E-state index in [1.165, 1.54) is 25.3 Å². The number of nitrogens with one attached hydrogen (secondary N) is 1. The van der Waals surface area contributed by atoms with Crippen LogP contribution in [0.4, 0.5) is 0 Å². The molecule has 1 rings (SSSR count). The Balaban J connectivity index is 2.26. The summed E-state index contributed by atoms with van der Waals surface area (Å²) in [5.41, 5.74) is 0. The number of sulfonamides is 1. The summed E-state index contributed by atoms with van der Waals surface area (Å²) in [6.07, 6.45) is 4.80. The second kappa shape index (κ2) is 6.78. The first-order chi connectivity index (χ1) is 8.04. The van der Waals surface area contributed by atoms with E-state index in [-0.39, 0.29) is 5.09 Å². The molecule has 1 aromatic rings. The van der Waals surface area contributed by atoms with E-state index in [1.807, 2.05) is 0 Å². The van der Waals surface area contributed by atoms with Crippen molar-refractivity contribution < 1.29 is 12.8 Å². The van der Waals surface area contributed by atoms with Crippen molar-refractivity contribution in [1.29, 1.82) is 0 Å². The maximum atomic E-state index is 11.0. The molecule has 0 aliphatic rings. The third kappa shape index (κ3) is 5.34. The third-order valence-electron chi connectivity index (χ3n) is 2.42. The largest absolute Gasteiger partial charge is 0.447 e. The average molecular weight is 260 g/mol. The smallest absolute Gasteiger partial charge is 0.271 e. The maximum Gasteiger partial charge on any atom is 0.271 e. The molecule has 1 heterocycles. The predicted octanol–water partition coefficient (Wildman–Crippen LogP) is 1.60. The molecule has 1 aromatic heterocycles. The van der Waals surface area contributed by atoms with Crippen molar-refractivity contribution in [2.24, 2.45) is 5.14 Å². The Labute approximate surface area is 102 Å². The molecule has 0 spiro atoms. The summed E-state index contributed by atoms with van der Waals surface area (Å²) >= 11 is 0. The molecule has 5 nitrogen and oxygen atoms in total. The average Bonchev–Trinajstić information content (AvgIpc) is 2.71. The van der Waals surface area contributed by atoms with E-state index in [4.69, 9.17) is 9.56 Å². The molecule has 98 valence electrons. The number of rotatable bonds is 8. The zero-order valence-corrected chi connectivity index (χ0v) is 10.9. The van der Waals surface area contributed by atoms with Gasteiger partial charge in [0, 0.05) is 0 Å². The molecule has 0 saturated heterocycles. The fraction of sp³-hybridized carbons (Fsp3) is 0.636. The number of hydrogen-bond donors (Lipinski definition) is 2. The van der Waals surface area contributed by atoms with Crippen LogP contribution in [0.3, 0.4) is 0 Å². The minimum Gasteiger partial charge on any atom is -0.447 e. The van der Waals surface area contributed by atoms with Gasteiger partial charge in [0.25, 0.3) is 10.0 Å². The molecule has 0 bridgehead atoms. The van der Waals surface area contributed by atoms with Crippen LogP contribution in [0, 0.1) is 0 Å². The van der Waals surface area contributed by atoms with Crippen molar-refractivity contribution in [2.75, 3.05) is 6.54 Å². The van der Waals surface area contributed by atoms with Gasteiger partial charge in [-0.25, -0.2) is 13.6 Å². The normalized spacial score (nSPS) is 11.9. The lowest BCUT2D eigenvalue weighted by molar-refractivity contribution is 0.401. The van der Waals surface area contributed by atoms with Gasteiger partial charge < -0.3 is 9.73 Å². The third-order valence-corrected chi connectivity index (χ3v) is 3.20. The number of primary sulfonamides is 1. The van der Waals surface area contributed by atoms with Crippen LogP contribution >= 0.6 is 0 Å². The first-order valence-corrected chi connectivity index (χ1v) is 7.41. The van der Waals surface area contributed by atoms with Crippen LogP contribution < -0.4 is 10.5 Å². The number of nitrogens with two attached hydrogens (primary N) is 1. The van der Waals surface area contributed by atoms with Gasteiger partial charge in [0.1, 0.15) is 5.76 Å². The highest BCUT2D eigenvalue weighted by Crippen LogP contribution is 2.11. The highest BCUT2D eigenvalue weighted by atomic mass is 32.2. The second-order valence-corrected chi connectivity index (χ2v) is 5.50. The van der Waals surface area contributed by atoms with E-state index in [9.17, 15) is 8.42 Å². The number of furan rings is 1. The van der Waals surface area contributed by atoms with Crippen LogP contribution in [0.15, 0.2) is 21.6 Å². The van der Waals surface area contributed by atoms with Crippen LogP contribution in [-0.4, -0.2) is 15.0 Å². The summed E-state index contributed by atoms with van der Waals surface area (Å²) < 4.78 is 27.0. The van der Waals surface area contributed by atoms with Crippen molar-refractivity contribution in [2.45, 2.75) is 44.2 Å². The van der Waals surface area contributed by atoms with E-state index >= 15 is 0 Å². The topological polar surface area (TPSA) is 85.3 Å². The quantitative estimate of drug-likeness (QED) is 0.695. The Hall–Kier alpha value is -0.850. The summed E-state index contributed by atoms with van der Waals surface area (Å²) in [6, 6.07) is 3.00. The minimum absolute atomic E-state index is 0.180. The second-order valence-electron chi connectivity index (χ2n) is 4.00. The molecular weight excluding hydrogens is 240 g/mol. The first kappa shape index (κ1) is 14.2. The minimum atomic E-state index is -3.72. The van der Waals surface area contributed by atoms with Crippen molar-refractivity contribution in [3.63, 3.8) is 0 Å². The summed E-state index contributed by atoms with van der Waals surface area (Å²) in [6.45, 7) is 3.61. The molecule has 0 radical (unpaired) electrons. The van der Waals surface area contributed by atoms with Crippen LogP contribution in [0.25, 0.3) is 0 Å². The molecule has 0 atom stereocenters. The van der Waals surface area contributed by atoms with Gasteiger partial charge in [-0.05, 0) is 25.1 Å². The summed E-state index contributed by atoms with van der Waals surface area (Å²) in [7, 11) is -3.72. The molecule has 17 heavy (non-hydrogen) atoms. The van der Waals surface area contributed by atoms with Crippen molar-refractivity contribution in [3.05, 3.63) is 17.9 Å². The van der Waals surface area contributed by atoms with Gasteiger partial charge >= 0.3 is 0 Å². The van der Waals surface area contributed by atoms with Crippen molar-refractivity contribution in [3.8, 4) is 0 Å².